The molecule has 0 bridgehead atoms. The summed E-state index contributed by atoms with van der Waals surface area (Å²) in [5.41, 5.74) is 0.293. The van der Waals surface area contributed by atoms with Crippen molar-refractivity contribution in [3.63, 3.8) is 0 Å². The van der Waals surface area contributed by atoms with Crippen molar-refractivity contribution >= 4 is 17.6 Å². The normalized spacial score (nSPS) is 17.2. The molecule has 21 heavy (non-hydrogen) atoms. The van der Waals surface area contributed by atoms with Gasteiger partial charge in [0, 0.05) is 19.3 Å². The Balaban J connectivity index is 1.64. The first-order valence-corrected chi connectivity index (χ1v) is 7.80. The summed E-state index contributed by atoms with van der Waals surface area (Å²) in [6.45, 7) is 0.842. The molecule has 1 aliphatic rings. The van der Waals surface area contributed by atoms with Gasteiger partial charge in [-0.2, -0.15) is 0 Å². The lowest BCUT2D eigenvalue weighted by Crippen LogP contribution is -2.47. The summed E-state index contributed by atoms with van der Waals surface area (Å²) in [5.74, 6) is 0. The van der Waals surface area contributed by atoms with E-state index in [1.807, 2.05) is 6.07 Å². The number of hydrogen-bond acceptors (Lipinski definition) is 3. The standard InChI is InChI=1S/C15H22ClN3O2/c16-13-5-4-12(10-18-13)6-9-17-14(20)19-11-15(21)7-2-1-3-8-15/h4-5,10,21H,1-3,6-9,11H2,(H2,17,19,20). The van der Waals surface area contributed by atoms with Crippen molar-refractivity contribution in [3.8, 4) is 0 Å². The van der Waals surface area contributed by atoms with Crippen LogP contribution in [0, 0.1) is 0 Å². The van der Waals surface area contributed by atoms with Crippen LogP contribution in [0.2, 0.25) is 5.15 Å². The molecule has 0 spiro atoms. The molecular formula is C15H22ClN3O2. The first-order valence-electron chi connectivity index (χ1n) is 7.42. The molecule has 116 valence electrons. The molecule has 1 aliphatic carbocycles. The molecule has 6 heteroatoms. The number of urea groups is 1. The zero-order valence-electron chi connectivity index (χ0n) is 12.1. The van der Waals surface area contributed by atoms with Crippen molar-refractivity contribution in [1.82, 2.24) is 15.6 Å². The van der Waals surface area contributed by atoms with E-state index in [0.717, 1.165) is 31.2 Å². The fourth-order valence-electron chi connectivity index (χ4n) is 2.57. The van der Waals surface area contributed by atoms with Gasteiger partial charge in [-0.15, -0.1) is 0 Å². The van der Waals surface area contributed by atoms with Gasteiger partial charge in [-0.1, -0.05) is 36.9 Å². The van der Waals surface area contributed by atoms with Crippen molar-refractivity contribution in [1.29, 1.82) is 0 Å². The number of aromatic nitrogens is 1. The molecule has 5 nitrogen and oxygen atoms in total. The van der Waals surface area contributed by atoms with Gasteiger partial charge in [0.2, 0.25) is 0 Å². The molecule has 0 atom stereocenters. The minimum atomic E-state index is -0.726. The van der Waals surface area contributed by atoms with Crippen LogP contribution in [0.5, 0.6) is 0 Å². The number of carbonyl (C=O) groups excluding carboxylic acids is 1. The van der Waals surface area contributed by atoms with E-state index in [1.165, 1.54) is 6.42 Å². The second-order valence-electron chi connectivity index (χ2n) is 5.63. The number of pyridine rings is 1. The van der Waals surface area contributed by atoms with Gasteiger partial charge in [-0.3, -0.25) is 0 Å². The third-order valence-electron chi connectivity index (χ3n) is 3.85. The Bertz CT molecular complexity index is 458. The lowest BCUT2D eigenvalue weighted by Gasteiger charge is -2.32. The predicted octanol–water partition coefficient (Wildman–Crippen LogP) is 2.27. The Morgan fingerprint density at radius 3 is 2.71 bits per heavy atom. The van der Waals surface area contributed by atoms with Crippen LogP contribution in [0.15, 0.2) is 18.3 Å². The zero-order valence-corrected chi connectivity index (χ0v) is 12.8. The molecular weight excluding hydrogens is 290 g/mol. The summed E-state index contributed by atoms with van der Waals surface area (Å²) in [6.07, 6.45) is 7.17. The zero-order chi connectivity index (χ0) is 15.1. The second kappa shape index (κ2) is 7.61. The molecule has 2 rings (SSSR count). The van der Waals surface area contributed by atoms with Gasteiger partial charge in [0.05, 0.1) is 5.60 Å². The maximum absolute atomic E-state index is 11.7. The van der Waals surface area contributed by atoms with Gasteiger partial charge in [0.15, 0.2) is 0 Å². The Hall–Kier alpha value is -1.33. The molecule has 0 aliphatic heterocycles. The van der Waals surface area contributed by atoms with Gasteiger partial charge < -0.3 is 15.7 Å². The van der Waals surface area contributed by atoms with E-state index in [1.54, 1.807) is 12.3 Å². The molecule has 0 radical (unpaired) electrons. The van der Waals surface area contributed by atoms with Crippen LogP contribution in [0.4, 0.5) is 4.79 Å². The fourth-order valence-corrected chi connectivity index (χ4v) is 2.68. The third kappa shape index (κ3) is 5.52. The van der Waals surface area contributed by atoms with Crippen LogP contribution in [-0.2, 0) is 6.42 Å². The molecule has 0 saturated heterocycles. The van der Waals surface area contributed by atoms with E-state index in [-0.39, 0.29) is 6.03 Å². The maximum atomic E-state index is 11.7. The second-order valence-corrected chi connectivity index (χ2v) is 6.02. The highest BCUT2D eigenvalue weighted by atomic mass is 35.5. The van der Waals surface area contributed by atoms with Gasteiger partial charge in [-0.05, 0) is 30.9 Å². The average Bonchev–Trinajstić information content (AvgIpc) is 2.48. The quantitative estimate of drug-likeness (QED) is 0.730. The number of carbonyl (C=O) groups is 1. The van der Waals surface area contributed by atoms with E-state index in [9.17, 15) is 9.90 Å². The first-order chi connectivity index (χ1) is 10.1. The van der Waals surface area contributed by atoms with E-state index in [2.05, 4.69) is 15.6 Å². The number of nitrogens with one attached hydrogen (secondary N) is 2. The molecule has 1 fully saturated rings. The van der Waals surface area contributed by atoms with E-state index in [4.69, 9.17) is 11.6 Å². The molecule has 1 aromatic rings. The smallest absolute Gasteiger partial charge is 0.314 e. The fraction of sp³-hybridized carbons (Fsp3) is 0.600. The Labute approximate surface area is 130 Å². The van der Waals surface area contributed by atoms with Gasteiger partial charge in [0.1, 0.15) is 5.15 Å². The average molecular weight is 312 g/mol. The van der Waals surface area contributed by atoms with Crippen molar-refractivity contribution in [2.45, 2.75) is 44.1 Å². The summed E-state index contributed by atoms with van der Waals surface area (Å²) in [5, 5.41) is 16.3. The summed E-state index contributed by atoms with van der Waals surface area (Å²) in [4.78, 5) is 15.7. The minimum absolute atomic E-state index is 0.240. The molecule has 1 saturated carbocycles. The first kappa shape index (κ1) is 16.0. The highest BCUT2D eigenvalue weighted by molar-refractivity contribution is 6.29. The summed E-state index contributed by atoms with van der Waals surface area (Å²) < 4.78 is 0. The number of aliphatic hydroxyl groups is 1. The van der Waals surface area contributed by atoms with Gasteiger partial charge in [0.25, 0.3) is 0 Å². The van der Waals surface area contributed by atoms with E-state index >= 15 is 0 Å². The highest BCUT2D eigenvalue weighted by Gasteiger charge is 2.29. The summed E-state index contributed by atoms with van der Waals surface area (Å²) in [6, 6.07) is 3.38. The number of halogens is 1. The van der Waals surface area contributed by atoms with E-state index < -0.39 is 5.60 Å². The molecule has 1 heterocycles. The van der Waals surface area contributed by atoms with Crippen LogP contribution in [0.3, 0.4) is 0 Å². The summed E-state index contributed by atoms with van der Waals surface area (Å²) in [7, 11) is 0. The lowest BCUT2D eigenvalue weighted by molar-refractivity contribution is 0.00720. The Kier molecular flexibility index (Phi) is 5.82. The van der Waals surface area contributed by atoms with Crippen molar-refractivity contribution in [3.05, 3.63) is 29.0 Å². The molecule has 0 unspecified atom stereocenters. The number of nitrogens with zero attached hydrogens (tertiary/aromatic N) is 1. The number of hydrogen-bond donors (Lipinski definition) is 3. The maximum Gasteiger partial charge on any atom is 0.314 e. The van der Waals surface area contributed by atoms with Crippen molar-refractivity contribution in [2.24, 2.45) is 0 Å². The SMILES string of the molecule is O=C(NCCc1ccc(Cl)nc1)NCC1(O)CCCCC1. The van der Waals surface area contributed by atoms with Gasteiger partial charge >= 0.3 is 6.03 Å². The van der Waals surface area contributed by atoms with Crippen LogP contribution in [0.25, 0.3) is 0 Å². The molecule has 1 aromatic heterocycles. The largest absolute Gasteiger partial charge is 0.388 e. The van der Waals surface area contributed by atoms with Crippen molar-refractivity contribution < 1.29 is 9.90 Å². The predicted molar refractivity (Wildman–Crippen MR) is 82.4 cm³/mol. The minimum Gasteiger partial charge on any atom is -0.388 e. The van der Waals surface area contributed by atoms with Crippen LogP contribution in [0.1, 0.15) is 37.7 Å². The Morgan fingerprint density at radius 2 is 2.05 bits per heavy atom. The topological polar surface area (TPSA) is 74.2 Å². The monoisotopic (exact) mass is 311 g/mol. The third-order valence-corrected chi connectivity index (χ3v) is 4.07. The van der Waals surface area contributed by atoms with Gasteiger partial charge in [-0.25, -0.2) is 9.78 Å². The molecule has 3 N–H and O–H groups in total. The van der Waals surface area contributed by atoms with Crippen molar-refractivity contribution in [2.75, 3.05) is 13.1 Å². The lowest BCUT2D eigenvalue weighted by atomic mass is 9.85. The number of amides is 2. The summed E-state index contributed by atoms with van der Waals surface area (Å²) >= 11 is 5.71. The van der Waals surface area contributed by atoms with Crippen LogP contribution in [-0.4, -0.2) is 34.8 Å². The highest BCUT2D eigenvalue weighted by Crippen LogP contribution is 2.27. The molecule has 0 aromatic carbocycles. The number of rotatable bonds is 5. The van der Waals surface area contributed by atoms with E-state index in [0.29, 0.717) is 24.7 Å². The van der Waals surface area contributed by atoms with Crippen LogP contribution >= 0.6 is 11.6 Å². The Morgan fingerprint density at radius 1 is 1.29 bits per heavy atom. The van der Waals surface area contributed by atoms with Crippen LogP contribution < -0.4 is 10.6 Å². The molecule has 2 amide bonds.